The highest BCUT2D eigenvalue weighted by Gasteiger charge is 2.42. The molecule has 0 bridgehead atoms. The Morgan fingerprint density at radius 3 is 2.05 bits per heavy atom. The smallest absolute Gasteiger partial charge is 0.349 e. The summed E-state index contributed by atoms with van der Waals surface area (Å²) in [7, 11) is 1.14. The number of hydrogen-bond donors (Lipinski definition) is 0. The molecule has 0 aromatic heterocycles. The van der Waals surface area contributed by atoms with Crippen LogP contribution >= 0.6 is 11.6 Å². The number of hydrogen-bond acceptors (Lipinski definition) is 6. The standard InChI is InChI=1S/C15H13ClO6/c1-15(2)21-13(18)11(14(19)22-15)10(12(17)20-3)8-4-6-9(16)7-5-8/h4-7H,1-3H3. The largest absolute Gasteiger partial charge is 0.465 e. The molecular weight excluding hydrogens is 312 g/mol. The van der Waals surface area contributed by atoms with Gasteiger partial charge in [0.25, 0.3) is 5.79 Å². The molecule has 0 amide bonds. The minimum absolute atomic E-state index is 0.232. The average molecular weight is 325 g/mol. The molecule has 0 unspecified atom stereocenters. The summed E-state index contributed by atoms with van der Waals surface area (Å²) in [4.78, 5) is 36.2. The molecule has 1 aliphatic heterocycles. The van der Waals surface area contributed by atoms with Crippen LogP contribution in [0.1, 0.15) is 19.4 Å². The van der Waals surface area contributed by atoms with Gasteiger partial charge in [-0.05, 0) is 17.7 Å². The maximum atomic E-state index is 12.1. The van der Waals surface area contributed by atoms with Gasteiger partial charge in [0.15, 0.2) is 5.57 Å². The first-order chi connectivity index (χ1) is 10.2. The van der Waals surface area contributed by atoms with Gasteiger partial charge in [-0.15, -0.1) is 0 Å². The van der Waals surface area contributed by atoms with E-state index in [9.17, 15) is 14.4 Å². The van der Waals surface area contributed by atoms with Gasteiger partial charge in [-0.25, -0.2) is 14.4 Å². The number of cyclic esters (lactones) is 2. The predicted octanol–water partition coefficient (Wildman–Crippen LogP) is 2.10. The average Bonchev–Trinajstić information content (AvgIpc) is 2.42. The molecule has 1 aromatic carbocycles. The molecule has 1 saturated heterocycles. The van der Waals surface area contributed by atoms with Crippen LogP contribution in [0.3, 0.4) is 0 Å². The number of carbonyl (C=O) groups is 3. The van der Waals surface area contributed by atoms with Crippen LogP contribution in [0, 0.1) is 0 Å². The van der Waals surface area contributed by atoms with Gasteiger partial charge in [-0.2, -0.15) is 0 Å². The van der Waals surface area contributed by atoms with E-state index in [0.29, 0.717) is 10.6 Å². The predicted molar refractivity (Wildman–Crippen MR) is 76.7 cm³/mol. The van der Waals surface area contributed by atoms with Crippen molar-refractivity contribution in [2.45, 2.75) is 19.6 Å². The summed E-state index contributed by atoms with van der Waals surface area (Å²) in [6, 6.07) is 6.01. The number of carbonyl (C=O) groups excluding carboxylic acids is 3. The van der Waals surface area contributed by atoms with E-state index in [2.05, 4.69) is 4.74 Å². The van der Waals surface area contributed by atoms with E-state index < -0.39 is 29.3 Å². The Kier molecular flexibility index (Phi) is 4.23. The molecule has 22 heavy (non-hydrogen) atoms. The highest BCUT2D eigenvalue weighted by atomic mass is 35.5. The Bertz CT molecular complexity index is 650. The molecule has 6 nitrogen and oxygen atoms in total. The topological polar surface area (TPSA) is 78.9 Å². The SMILES string of the molecule is COC(=O)C(=C1C(=O)OC(C)(C)OC1=O)c1ccc(Cl)cc1. The lowest BCUT2D eigenvalue weighted by Crippen LogP contribution is -2.42. The maximum Gasteiger partial charge on any atom is 0.349 e. The van der Waals surface area contributed by atoms with E-state index in [0.717, 1.165) is 7.11 Å². The van der Waals surface area contributed by atoms with E-state index in [4.69, 9.17) is 21.1 Å². The molecule has 0 saturated carbocycles. The molecule has 2 rings (SSSR count). The molecule has 1 fully saturated rings. The van der Waals surface area contributed by atoms with Crippen LogP contribution in [0.5, 0.6) is 0 Å². The van der Waals surface area contributed by atoms with Crippen molar-refractivity contribution < 1.29 is 28.6 Å². The zero-order valence-corrected chi connectivity index (χ0v) is 12.9. The number of methoxy groups -OCH3 is 1. The van der Waals surface area contributed by atoms with Crippen LogP contribution < -0.4 is 0 Å². The Morgan fingerprint density at radius 1 is 1.09 bits per heavy atom. The van der Waals surface area contributed by atoms with Crippen LogP contribution in [0.25, 0.3) is 5.57 Å². The molecular formula is C15H13ClO6. The van der Waals surface area contributed by atoms with Crippen molar-refractivity contribution in [3.05, 3.63) is 40.4 Å². The van der Waals surface area contributed by atoms with Crippen LogP contribution in [-0.2, 0) is 28.6 Å². The van der Waals surface area contributed by atoms with Crippen LogP contribution in [0.15, 0.2) is 29.8 Å². The number of halogens is 1. The zero-order chi connectivity index (χ0) is 16.5. The fourth-order valence-corrected chi connectivity index (χ4v) is 2.07. The van der Waals surface area contributed by atoms with Gasteiger partial charge < -0.3 is 14.2 Å². The normalized spacial score (nSPS) is 16.6. The lowest BCUT2D eigenvalue weighted by Gasteiger charge is -2.30. The fraction of sp³-hybridized carbons (Fsp3) is 0.267. The molecule has 116 valence electrons. The fourth-order valence-electron chi connectivity index (χ4n) is 1.94. The first-order valence-electron chi connectivity index (χ1n) is 6.30. The first-order valence-corrected chi connectivity index (χ1v) is 6.68. The van der Waals surface area contributed by atoms with Gasteiger partial charge in [-0.1, -0.05) is 23.7 Å². The second-order valence-electron chi connectivity index (χ2n) is 4.93. The third-order valence-corrected chi connectivity index (χ3v) is 3.11. The zero-order valence-electron chi connectivity index (χ0n) is 12.1. The first kappa shape index (κ1) is 16.0. The molecule has 1 heterocycles. The highest BCUT2D eigenvalue weighted by Crippen LogP contribution is 2.30. The van der Waals surface area contributed by atoms with Gasteiger partial charge in [0.05, 0.1) is 12.7 Å². The summed E-state index contributed by atoms with van der Waals surface area (Å²) in [5.41, 5.74) is -0.446. The van der Waals surface area contributed by atoms with Crippen LogP contribution in [0.4, 0.5) is 0 Å². The molecule has 0 atom stereocenters. The van der Waals surface area contributed by atoms with Crippen LogP contribution in [-0.4, -0.2) is 30.8 Å². The second kappa shape index (κ2) is 5.81. The van der Waals surface area contributed by atoms with E-state index >= 15 is 0 Å². The molecule has 0 spiro atoms. The molecule has 7 heteroatoms. The number of ether oxygens (including phenoxy) is 3. The summed E-state index contributed by atoms with van der Waals surface area (Å²) < 4.78 is 14.7. The third-order valence-electron chi connectivity index (χ3n) is 2.86. The Labute approximate surface area is 131 Å². The molecule has 1 aliphatic rings. The minimum atomic E-state index is -1.39. The van der Waals surface area contributed by atoms with Gasteiger partial charge in [0, 0.05) is 18.9 Å². The summed E-state index contributed by atoms with van der Waals surface area (Å²) in [6.45, 7) is 2.83. The monoisotopic (exact) mass is 324 g/mol. The van der Waals surface area contributed by atoms with E-state index in [1.165, 1.54) is 38.1 Å². The quantitative estimate of drug-likeness (QED) is 0.471. The molecule has 1 aromatic rings. The van der Waals surface area contributed by atoms with Crippen molar-refractivity contribution in [3.63, 3.8) is 0 Å². The van der Waals surface area contributed by atoms with Crippen molar-refractivity contribution in [2.75, 3.05) is 7.11 Å². The lowest BCUT2D eigenvalue weighted by molar-refractivity contribution is -0.222. The maximum absolute atomic E-state index is 12.1. The van der Waals surface area contributed by atoms with E-state index in [-0.39, 0.29) is 5.57 Å². The van der Waals surface area contributed by atoms with Gasteiger partial charge in [0.2, 0.25) is 0 Å². The van der Waals surface area contributed by atoms with Crippen molar-refractivity contribution >= 4 is 35.1 Å². The minimum Gasteiger partial charge on any atom is -0.465 e. The second-order valence-corrected chi connectivity index (χ2v) is 5.36. The molecule has 0 aliphatic carbocycles. The van der Waals surface area contributed by atoms with Crippen LogP contribution in [0.2, 0.25) is 5.02 Å². The third kappa shape index (κ3) is 3.12. The Morgan fingerprint density at radius 2 is 1.59 bits per heavy atom. The van der Waals surface area contributed by atoms with Crippen molar-refractivity contribution in [2.24, 2.45) is 0 Å². The summed E-state index contributed by atoms with van der Waals surface area (Å²) in [6.07, 6.45) is 0. The van der Waals surface area contributed by atoms with Gasteiger partial charge in [-0.3, -0.25) is 0 Å². The van der Waals surface area contributed by atoms with E-state index in [1.807, 2.05) is 0 Å². The van der Waals surface area contributed by atoms with Crippen molar-refractivity contribution in [1.29, 1.82) is 0 Å². The summed E-state index contributed by atoms with van der Waals surface area (Å²) >= 11 is 5.79. The molecule has 0 radical (unpaired) electrons. The highest BCUT2D eigenvalue weighted by molar-refractivity contribution is 6.33. The van der Waals surface area contributed by atoms with Crippen molar-refractivity contribution in [3.8, 4) is 0 Å². The van der Waals surface area contributed by atoms with Gasteiger partial charge in [0.1, 0.15) is 0 Å². The van der Waals surface area contributed by atoms with Crippen molar-refractivity contribution in [1.82, 2.24) is 0 Å². The Balaban J connectivity index is 2.62. The van der Waals surface area contributed by atoms with Gasteiger partial charge >= 0.3 is 17.9 Å². The summed E-state index contributed by atoms with van der Waals surface area (Å²) in [5, 5.41) is 0.438. The number of esters is 3. The lowest BCUT2D eigenvalue weighted by atomic mass is 9.99. The molecule has 0 N–H and O–H groups in total. The Hall–Kier alpha value is -2.34. The number of benzene rings is 1. The van der Waals surface area contributed by atoms with E-state index in [1.54, 1.807) is 0 Å². The number of rotatable bonds is 2. The summed E-state index contributed by atoms with van der Waals surface area (Å²) in [5.74, 6) is -4.14.